The highest BCUT2D eigenvalue weighted by Crippen LogP contribution is 2.29. The standard InChI is InChI=1S/C10H9Br2N3O/c11-6-1-2-7(8(12)5-6)10-14-9(3-4-13)15-16-10/h1-2,5H,3-4,13H2. The molecule has 16 heavy (non-hydrogen) atoms. The van der Waals surface area contributed by atoms with E-state index in [-0.39, 0.29) is 0 Å². The molecule has 0 aliphatic heterocycles. The molecule has 0 bridgehead atoms. The summed E-state index contributed by atoms with van der Waals surface area (Å²) in [6.45, 7) is 0.514. The highest BCUT2D eigenvalue weighted by Gasteiger charge is 2.11. The van der Waals surface area contributed by atoms with Gasteiger partial charge in [0, 0.05) is 15.4 Å². The molecule has 2 aromatic rings. The van der Waals surface area contributed by atoms with Gasteiger partial charge in [-0.15, -0.1) is 0 Å². The number of rotatable bonds is 3. The second kappa shape index (κ2) is 5.07. The summed E-state index contributed by atoms with van der Waals surface area (Å²) in [6, 6.07) is 5.77. The fourth-order valence-corrected chi connectivity index (χ4v) is 2.47. The minimum Gasteiger partial charge on any atom is -0.334 e. The van der Waals surface area contributed by atoms with Gasteiger partial charge in [0.15, 0.2) is 5.82 Å². The molecular formula is C10H9Br2N3O. The lowest BCUT2D eigenvalue weighted by Gasteiger charge is -1.98. The summed E-state index contributed by atoms with van der Waals surface area (Å²) in [6.07, 6.45) is 0.623. The second-order valence-electron chi connectivity index (χ2n) is 3.18. The van der Waals surface area contributed by atoms with E-state index in [1.54, 1.807) is 0 Å². The van der Waals surface area contributed by atoms with Crippen LogP contribution in [0.3, 0.4) is 0 Å². The van der Waals surface area contributed by atoms with Crippen LogP contribution in [-0.4, -0.2) is 16.7 Å². The highest BCUT2D eigenvalue weighted by molar-refractivity contribution is 9.11. The maximum atomic E-state index is 5.42. The van der Waals surface area contributed by atoms with Crippen molar-refractivity contribution in [1.29, 1.82) is 0 Å². The van der Waals surface area contributed by atoms with E-state index in [0.29, 0.717) is 24.7 Å². The smallest absolute Gasteiger partial charge is 0.259 e. The Kier molecular flexibility index (Phi) is 3.73. The Morgan fingerprint density at radius 3 is 2.81 bits per heavy atom. The summed E-state index contributed by atoms with van der Waals surface area (Å²) in [7, 11) is 0. The van der Waals surface area contributed by atoms with Crippen LogP contribution < -0.4 is 5.73 Å². The molecule has 0 fully saturated rings. The molecule has 1 heterocycles. The van der Waals surface area contributed by atoms with Crippen LogP contribution >= 0.6 is 31.9 Å². The van der Waals surface area contributed by atoms with Crippen molar-refractivity contribution in [3.05, 3.63) is 33.0 Å². The molecule has 2 N–H and O–H groups in total. The van der Waals surface area contributed by atoms with Crippen LogP contribution in [-0.2, 0) is 6.42 Å². The number of nitrogens with two attached hydrogens (primary N) is 1. The molecule has 1 aromatic heterocycles. The topological polar surface area (TPSA) is 64.9 Å². The summed E-state index contributed by atoms with van der Waals surface area (Å²) in [4.78, 5) is 4.26. The molecule has 0 radical (unpaired) electrons. The molecule has 2 rings (SSSR count). The Morgan fingerprint density at radius 1 is 1.31 bits per heavy atom. The molecule has 0 atom stereocenters. The minimum absolute atomic E-state index is 0.503. The SMILES string of the molecule is NCCc1noc(-c2ccc(Br)cc2Br)n1. The molecule has 0 saturated carbocycles. The van der Waals surface area contributed by atoms with Crippen LogP contribution in [0.15, 0.2) is 31.7 Å². The number of hydrogen-bond donors (Lipinski definition) is 1. The molecule has 1 aromatic carbocycles. The summed E-state index contributed by atoms with van der Waals surface area (Å²) in [5.41, 5.74) is 6.30. The quantitative estimate of drug-likeness (QED) is 0.928. The van der Waals surface area contributed by atoms with Gasteiger partial charge in [-0.25, -0.2) is 0 Å². The van der Waals surface area contributed by atoms with E-state index in [2.05, 4.69) is 42.0 Å². The molecule has 84 valence electrons. The van der Waals surface area contributed by atoms with Crippen LogP contribution in [0.5, 0.6) is 0 Å². The van der Waals surface area contributed by atoms with E-state index >= 15 is 0 Å². The molecular weight excluding hydrogens is 338 g/mol. The normalized spacial score (nSPS) is 10.7. The molecule has 0 unspecified atom stereocenters. The van der Waals surface area contributed by atoms with Gasteiger partial charge in [-0.3, -0.25) is 0 Å². The largest absolute Gasteiger partial charge is 0.334 e. The number of nitrogens with zero attached hydrogens (tertiary/aromatic N) is 2. The van der Waals surface area contributed by atoms with Crippen molar-refractivity contribution >= 4 is 31.9 Å². The van der Waals surface area contributed by atoms with Gasteiger partial charge in [-0.1, -0.05) is 21.1 Å². The first-order valence-electron chi connectivity index (χ1n) is 4.69. The van der Waals surface area contributed by atoms with Gasteiger partial charge >= 0.3 is 0 Å². The van der Waals surface area contributed by atoms with Crippen molar-refractivity contribution in [1.82, 2.24) is 10.1 Å². The minimum atomic E-state index is 0.503. The number of hydrogen-bond acceptors (Lipinski definition) is 4. The Bertz CT molecular complexity index is 499. The van der Waals surface area contributed by atoms with Gasteiger partial charge in [0.2, 0.25) is 0 Å². The van der Waals surface area contributed by atoms with Gasteiger partial charge in [0.05, 0.1) is 5.56 Å². The van der Waals surface area contributed by atoms with E-state index in [0.717, 1.165) is 14.5 Å². The predicted octanol–water partition coefficient (Wildman–Crippen LogP) is 2.76. The van der Waals surface area contributed by atoms with E-state index in [9.17, 15) is 0 Å². The van der Waals surface area contributed by atoms with Crippen molar-refractivity contribution in [3.63, 3.8) is 0 Å². The monoisotopic (exact) mass is 345 g/mol. The third-order valence-corrected chi connectivity index (χ3v) is 3.15. The van der Waals surface area contributed by atoms with E-state index in [1.165, 1.54) is 0 Å². The van der Waals surface area contributed by atoms with Gasteiger partial charge in [0.25, 0.3) is 5.89 Å². The van der Waals surface area contributed by atoms with Crippen LogP contribution in [0, 0.1) is 0 Å². The molecule has 0 saturated heterocycles. The van der Waals surface area contributed by atoms with Crippen LogP contribution in [0.1, 0.15) is 5.82 Å². The molecule has 0 spiro atoms. The summed E-state index contributed by atoms with van der Waals surface area (Å²) >= 11 is 6.84. The van der Waals surface area contributed by atoms with Crippen molar-refractivity contribution in [2.24, 2.45) is 5.73 Å². The average Bonchev–Trinajstić information content (AvgIpc) is 2.67. The Morgan fingerprint density at radius 2 is 2.12 bits per heavy atom. The molecule has 0 aliphatic rings. The zero-order chi connectivity index (χ0) is 11.5. The number of halogens is 2. The molecule has 4 nitrogen and oxygen atoms in total. The first-order valence-corrected chi connectivity index (χ1v) is 6.27. The molecule has 6 heteroatoms. The molecule has 0 aliphatic carbocycles. The number of benzene rings is 1. The lowest BCUT2D eigenvalue weighted by molar-refractivity contribution is 0.422. The van der Waals surface area contributed by atoms with Crippen molar-refractivity contribution in [2.75, 3.05) is 6.54 Å². The summed E-state index contributed by atoms with van der Waals surface area (Å²) < 4.78 is 7.06. The van der Waals surface area contributed by atoms with Gasteiger partial charge < -0.3 is 10.3 Å². The Labute approximate surface area is 109 Å². The first-order chi connectivity index (χ1) is 7.70. The van der Waals surface area contributed by atoms with E-state index in [4.69, 9.17) is 10.3 Å². The Balaban J connectivity index is 2.35. The first kappa shape index (κ1) is 11.8. The highest BCUT2D eigenvalue weighted by atomic mass is 79.9. The third-order valence-electron chi connectivity index (χ3n) is 2.00. The van der Waals surface area contributed by atoms with Crippen LogP contribution in [0.25, 0.3) is 11.5 Å². The fourth-order valence-electron chi connectivity index (χ4n) is 1.26. The van der Waals surface area contributed by atoms with Crippen molar-refractivity contribution in [2.45, 2.75) is 6.42 Å². The average molecular weight is 347 g/mol. The van der Waals surface area contributed by atoms with Crippen molar-refractivity contribution in [3.8, 4) is 11.5 Å². The summed E-state index contributed by atoms with van der Waals surface area (Å²) in [5.74, 6) is 1.13. The van der Waals surface area contributed by atoms with Gasteiger partial charge in [-0.05, 0) is 40.7 Å². The zero-order valence-corrected chi connectivity index (χ0v) is 11.5. The molecule has 0 amide bonds. The second-order valence-corrected chi connectivity index (χ2v) is 4.95. The van der Waals surface area contributed by atoms with Gasteiger partial charge in [-0.2, -0.15) is 4.98 Å². The van der Waals surface area contributed by atoms with E-state index < -0.39 is 0 Å². The lowest BCUT2D eigenvalue weighted by atomic mass is 10.2. The number of aromatic nitrogens is 2. The van der Waals surface area contributed by atoms with Crippen molar-refractivity contribution < 1.29 is 4.52 Å². The maximum absolute atomic E-state index is 5.42. The fraction of sp³-hybridized carbons (Fsp3) is 0.200. The maximum Gasteiger partial charge on any atom is 0.259 e. The van der Waals surface area contributed by atoms with Crippen LogP contribution in [0.4, 0.5) is 0 Å². The van der Waals surface area contributed by atoms with Crippen LogP contribution in [0.2, 0.25) is 0 Å². The van der Waals surface area contributed by atoms with Gasteiger partial charge in [0.1, 0.15) is 0 Å². The Hall–Kier alpha value is -0.720. The summed E-state index contributed by atoms with van der Waals surface area (Å²) in [5, 5.41) is 3.85. The lowest BCUT2D eigenvalue weighted by Crippen LogP contribution is -2.03. The zero-order valence-electron chi connectivity index (χ0n) is 8.28. The van der Waals surface area contributed by atoms with E-state index in [1.807, 2.05) is 18.2 Å². The predicted molar refractivity (Wildman–Crippen MR) is 67.9 cm³/mol. The third kappa shape index (κ3) is 2.50.